The lowest BCUT2D eigenvalue weighted by atomic mass is 10.1. The van der Waals surface area contributed by atoms with Crippen LogP contribution in [-0.2, 0) is 0 Å². The van der Waals surface area contributed by atoms with Gasteiger partial charge >= 0.3 is 0 Å². The van der Waals surface area contributed by atoms with E-state index in [0.717, 1.165) is 26.6 Å². The number of allylic oxidation sites excluding steroid dienone is 1. The molecular weight excluding hydrogens is 283 g/mol. The molecule has 0 N–H and O–H groups in total. The van der Waals surface area contributed by atoms with Crippen molar-refractivity contribution in [1.82, 2.24) is 9.38 Å². The molecule has 106 valence electrons. The fourth-order valence-corrected chi connectivity index (χ4v) is 3.33. The van der Waals surface area contributed by atoms with E-state index in [1.165, 1.54) is 0 Å². The van der Waals surface area contributed by atoms with Crippen LogP contribution >= 0.6 is 11.3 Å². The van der Waals surface area contributed by atoms with Crippen LogP contribution in [0, 0.1) is 12.7 Å². The van der Waals surface area contributed by atoms with Gasteiger partial charge in [-0.3, -0.25) is 0 Å². The van der Waals surface area contributed by atoms with Gasteiger partial charge in [-0.05, 0) is 31.5 Å². The van der Waals surface area contributed by atoms with Crippen molar-refractivity contribution in [3.63, 3.8) is 0 Å². The molecule has 0 saturated heterocycles. The minimum atomic E-state index is -0.304. The van der Waals surface area contributed by atoms with Crippen molar-refractivity contribution in [2.75, 3.05) is 0 Å². The number of pyridine rings is 1. The van der Waals surface area contributed by atoms with Gasteiger partial charge in [0.15, 0.2) is 11.5 Å². The van der Waals surface area contributed by atoms with Gasteiger partial charge in [0, 0.05) is 27.7 Å². The molecule has 0 aliphatic heterocycles. The molecular formula is C17H15FN2S. The molecule has 0 unspecified atom stereocenters. The molecule has 0 spiro atoms. The van der Waals surface area contributed by atoms with E-state index >= 15 is 0 Å². The first-order valence-electron chi connectivity index (χ1n) is 6.66. The molecule has 2 nitrogen and oxygen atoms in total. The minimum absolute atomic E-state index is 0.304. The molecule has 0 fully saturated rings. The Bertz CT molecular complexity index is 855. The predicted molar refractivity (Wildman–Crippen MR) is 88.0 cm³/mol. The van der Waals surface area contributed by atoms with Crippen LogP contribution in [0.3, 0.4) is 0 Å². The van der Waals surface area contributed by atoms with Crippen LogP contribution in [0.25, 0.3) is 28.2 Å². The zero-order valence-corrected chi connectivity index (χ0v) is 12.7. The Labute approximate surface area is 126 Å². The Kier molecular flexibility index (Phi) is 3.47. The lowest BCUT2D eigenvalue weighted by molar-refractivity contribution is 0.630. The molecule has 0 aromatic carbocycles. The van der Waals surface area contributed by atoms with Crippen molar-refractivity contribution >= 4 is 29.1 Å². The Morgan fingerprint density at radius 2 is 2.14 bits per heavy atom. The number of rotatable bonds is 3. The summed E-state index contributed by atoms with van der Waals surface area (Å²) in [6.45, 7) is 7.67. The summed E-state index contributed by atoms with van der Waals surface area (Å²) in [5, 5.41) is 0. The topological polar surface area (TPSA) is 17.3 Å². The summed E-state index contributed by atoms with van der Waals surface area (Å²) in [5.74, 6) is -0.304. The SMILES string of the molecule is C=Cc1sc(-c2cc(F)c3nc(C)cn3c2)cc1/C=C\C. The van der Waals surface area contributed by atoms with Crippen molar-refractivity contribution < 1.29 is 4.39 Å². The van der Waals surface area contributed by atoms with E-state index in [1.807, 2.05) is 44.5 Å². The maximum atomic E-state index is 14.2. The Morgan fingerprint density at radius 1 is 1.33 bits per heavy atom. The molecule has 0 amide bonds. The normalized spacial score (nSPS) is 11.6. The van der Waals surface area contributed by atoms with Gasteiger partial charge in [0.25, 0.3) is 0 Å². The fourth-order valence-electron chi connectivity index (χ4n) is 2.34. The number of imidazole rings is 1. The number of thiophene rings is 1. The maximum Gasteiger partial charge on any atom is 0.173 e. The quantitative estimate of drug-likeness (QED) is 0.650. The van der Waals surface area contributed by atoms with Crippen LogP contribution in [0.5, 0.6) is 0 Å². The third-order valence-electron chi connectivity index (χ3n) is 3.23. The van der Waals surface area contributed by atoms with E-state index in [-0.39, 0.29) is 5.82 Å². The summed E-state index contributed by atoms with van der Waals surface area (Å²) in [7, 11) is 0. The van der Waals surface area contributed by atoms with E-state index in [1.54, 1.807) is 21.8 Å². The number of nitrogens with zero attached hydrogens (tertiary/aromatic N) is 2. The second kappa shape index (κ2) is 5.30. The van der Waals surface area contributed by atoms with Gasteiger partial charge in [-0.15, -0.1) is 11.3 Å². The highest BCUT2D eigenvalue weighted by Gasteiger charge is 2.11. The summed E-state index contributed by atoms with van der Waals surface area (Å²) in [6.07, 6.45) is 9.60. The lowest BCUT2D eigenvalue weighted by Crippen LogP contribution is -1.89. The third-order valence-corrected chi connectivity index (χ3v) is 4.43. The molecule has 0 aliphatic carbocycles. The van der Waals surface area contributed by atoms with Gasteiger partial charge in [-0.1, -0.05) is 24.8 Å². The second-order valence-electron chi connectivity index (χ2n) is 4.82. The molecule has 0 saturated carbocycles. The molecule has 3 aromatic heterocycles. The molecule has 4 heteroatoms. The molecule has 0 atom stereocenters. The molecule has 3 heterocycles. The van der Waals surface area contributed by atoms with Gasteiger partial charge in [0.2, 0.25) is 0 Å². The first-order valence-corrected chi connectivity index (χ1v) is 7.48. The molecule has 0 radical (unpaired) electrons. The number of aryl methyl sites for hydroxylation is 1. The van der Waals surface area contributed by atoms with E-state index in [9.17, 15) is 4.39 Å². The number of hydrogen-bond acceptors (Lipinski definition) is 2. The predicted octanol–water partition coefficient (Wildman–Crippen LogP) is 5.19. The van der Waals surface area contributed by atoms with E-state index in [4.69, 9.17) is 0 Å². The second-order valence-corrected chi connectivity index (χ2v) is 5.91. The zero-order valence-electron chi connectivity index (χ0n) is 11.9. The average molecular weight is 298 g/mol. The first kappa shape index (κ1) is 13.8. The van der Waals surface area contributed by atoms with Crippen LogP contribution in [0.2, 0.25) is 0 Å². The number of halogens is 1. The summed E-state index contributed by atoms with van der Waals surface area (Å²) < 4.78 is 15.9. The monoisotopic (exact) mass is 298 g/mol. The maximum absolute atomic E-state index is 14.2. The van der Waals surface area contributed by atoms with Gasteiger partial charge in [0.05, 0.1) is 5.69 Å². The van der Waals surface area contributed by atoms with Crippen LogP contribution in [0.1, 0.15) is 23.1 Å². The molecule has 3 aromatic rings. The molecule has 21 heavy (non-hydrogen) atoms. The van der Waals surface area contributed by atoms with Crippen LogP contribution in [0.15, 0.2) is 37.2 Å². The van der Waals surface area contributed by atoms with Gasteiger partial charge < -0.3 is 4.40 Å². The fraction of sp³-hybridized carbons (Fsp3) is 0.118. The van der Waals surface area contributed by atoms with Crippen LogP contribution in [0.4, 0.5) is 4.39 Å². The van der Waals surface area contributed by atoms with Crippen LogP contribution < -0.4 is 0 Å². The Hall–Kier alpha value is -2.20. The van der Waals surface area contributed by atoms with E-state index in [0.29, 0.717) is 5.65 Å². The number of hydrogen-bond donors (Lipinski definition) is 0. The highest BCUT2D eigenvalue weighted by molar-refractivity contribution is 7.16. The summed E-state index contributed by atoms with van der Waals surface area (Å²) in [5.41, 5.74) is 3.13. The largest absolute Gasteiger partial charge is 0.304 e. The smallest absolute Gasteiger partial charge is 0.173 e. The summed E-state index contributed by atoms with van der Waals surface area (Å²) in [6, 6.07) is 3.60. The zero-order chi connectivity index (χ0) is 15.0. The van der Waals surface area contributed by atoms with Gasteiger partial charge in [-0.25, -0.2) is 9.37 Å². The minimum Gasteiger partial charge on any atom is -0.304 e. The van der Waals surface area contributed by atoms with Crippen LogP contribution in [-0.4, -0.2) is 9.38 Å². The van der Waals surface area contributed by atoms with E-state index < -0.39 is 0 Å². The Balaban J connectivity index is 2.18. The van der Waals surface area contributed by atoms with Crippen molar-refractivity contribution in [2.45, 2.75) is 13.8 Å². The number of fused-ring (bicyclic) bond motifs is 1. The lowest BCUT2D eigenvalue weighted by Gasteiger charge is -2.00. The first-order chi connectivity index (χ1) is 10.1. The highest BCUT2D eigenvalue weighted by Crippen LogP contribution is 2.33. The van der Waals surface area contributed by atoms with E-state index in [2.05, 4.69) is 17.6 Å². The molecule has 3 rings (SSSR count). The average Bonchev–Trinajstić information content (AvgIpc) is 3.02. The third kappa shape index (κ3) is 2.43. The van der Waals surface area contributed by atoms with Crippen molar-refractivity contribution in [1.29, 1.82) is 0 Å². The van der Waals surface area contributed by atoms with Crippen molar-refractivity contribution in [3.05, 3.63) is 59.1 Å². The number of aromatic nitrogens is 2. The summed E-state index contributed by atoms with van der Waals surface area (Å²) in [4.78, 5) is 6.29. The summed E-state index contributed by atoms with van der Waals surface area (Å²) >= 11 is 1.61. The molecule has 0 bridgehead atoms. The van der Waals surface area contributed by atoms with Crippen molar-refractivity contribution in [2.24, 2.45) is 0 Å². The molecule has 0 aliphatic rings. The Morgan fingerprint density at radius 3 is 2.86 bits per heavy atom. The van der Waals surface area contributed by atoms with Gasteiger partial charge in [0.1, 0.15) is 0 Å². The highest BCUT2D eigenvalue weighted by atomic mass is 32.1. The standard InChI is InChI=1S/C17H15FN2S/c1-4-6-12-8-16(21-15(12)5-2)13-7-14(18)17-19-11(3)9-20(17)10-13/h4-10H,2H2,1,3H3/b6-4-. The van der Waals surface area contributed by atoms with Gasteiger partial charge in [-0.2, -0.15) is 0 Å². The van der Waals surface area contributed by atoms with Crippen molar-refractivity contribution in [3.8, 4) is 10.4 Å².